The molecular weight excluding hydrogens is 499 g/mol. The molecule has 0 atom stereocenters. The van der Waals surface area contributed by atoms with Crippen molar-refractivity contribution in [1.82, 2.24) is 0 Å². The van der Waals surface area contributed by atoms with Gasteiger partial charge in [-0.15, -0.1) is 0 Å². The van der Waals surface area contributed by atoms with Gasteiger partial charge in [-0.2, -0.15) is 0 Å². The summed E-state index contributed by atoms with van der Waals surface area (Å²) in [4.78, 5) is 26.5. The van der Waals surface area contributed by atoms with Gasteiger partial charge in [-0.25, -0.2) is 14.2 Å². The molecule has 9 nitrogen and oxygen atoms in total. The molecule has 0 aliphatic carbocycles. The number of esters is 2. The molecule has 1 rings (SSSR count). The third-order valence-electron chi connectivity index (χ3n) is 4.66. The average Bonchev–Trinajstić information content (AvgIpc) is 2.62. The Morgan fingerprint density at radius 1 is 0.838 bits per heavy atom. The Morgan fingerprint density at radius 3 is 1.70 bits per heavy atom. The molecule has 0 spiro atoms. The van der Waals surface area contributed by atoms with Gasteiger partial charge < -0.3 is 19.1 Å². The Morgan fingerprint density at radius 2 is 1.30 bits per heavy atom. The smallest absolute Gasteiger partial charge is 0.456 e. The van der Waals surface area contributed by atoms with Crippen molar-refractivity contribution in [3.63, 3.8) is 0 Å². The first-order valence-electron chi connectivity index (χ1n) is 12.5. The summed E-state index contributed by atoms with van der Waals surface area (Å²) in [6.07, 6.45) is -0.804. The molecule has 0 aliphatic heterocycles. The maximum Gasteiger partial charge on any atom is 0.530 e. The summed E-state index contributed by atoms with van der Waals surface area (Å²) in [6.45, 7) is 20.4. The van der Waals surface area contributed by atoms with Crippen LogP contribution in [0, 0.1) is 0 Å². The molecule has 37 heavy (non-hydrogen) atoms. The van der Waals surface area contributed by atoms with E-state index in [0.29, 0.717) is 5.56 Å². The molecule has 0 bridgehead atoms. The van der Waals surface area contributed by atoms with E-state index in [1.807, 2.05) is 0 Å². The molecule has 1 aromatic carbocycles. The second kappa shape index (κ2) is 12.3. The summed E-state index contributed by atoms with van der Waals surface area (Å²) in [7, 11) is -4.22. The number of carbonyl (C=O) groups is 2. The van der Waals surface area contributed by atoms with E-state index in [1.54, 1.807) is 83.1 Å². The standard InChI is InChI=1S/C27H45O9P/c1-17(2)34-37(31,35-18(3)4)36-21-16-19(23(29)32-25(5,6)7)15-20(24(30)33-26(8,9)10)22(21)27(11,12)13-14-28/h15-18,28H,13-14H2,1-12H3. The number of rotatable bonds is 11. The zero-order valence-corrected chi connectivity index (χ0v) is 25.3. The van der Waals surface area contributed by atoms with Crippen LogP contribution >= 0.6 is 7.82 Å². The van der Waals surface area contributed by atoms with Gasteiger partial charge in [0, 0.05) is 12.2 Å². The number of phosphoric acid groups is 1. The molecular formula is C27H45O9P. The summed E-state index contributed by atoms with van der Waals surface area (Å²) >= 11 is 0. The minimum atomic E-state index is -4.22. The number of hydrogen-bond donors (Lipinski definition) is 1. The van der Waals surface area contributed by atoms with Crippen molar-refractivity contribution in [2.45, 2.75) is 118 Å². The number of aliphatic hydroxyl groups is 1. The van der Waals surface area contributed by atoms with E-state index in [4.69, 9.17) is 23.0 Å². The molecule has 0 heterocycles. The van der Waals surface area contributed by atoms with Crippen molar-refractivity contribution in [2.24, 2.45) is 0 Å². The maximum atomic E-state index is 13.7. The first-order chi connectivity index (χ1) is 16.6. The van der Waals surface area contributed by atoms with E-state index >= 15 is 0 Å². The van der Waals surface area contributed by atoms with Crippen molar-refractivity contribution >= 4 is 19.8 Å². The topological polar surface area (TPSA) is 118 Å². The number of hydrogen-bond acceptors (Lipinski definition) is 9. The van der Waals surface area contributed by atoms with Crippen LogP contribution in [0.4, 0.5) is 0 Å². The van der Waals surface area contributed by atoms with Crippen LogP contribution in [0.15, 0.2) is 12.1 Å². The van der Waals surface area contributed by atoms with Crippen molar-refractivity contribution in [3.05, 3.63) is 28.8 Å². The zero-order chi connectivity index (χ0) is 29.0. The number of ether oxygens (including phenoxy) is 2. The Hall–Kier alpha value is -1.93. The predicted octanol–water partition coefficient (Wildman–Crippen LogP) is 6.59. The molecule has 0 amide bonds. The van der Waals surface area contributed by atoms with E-state index in [1.165, 1.54) is 12.1 Å². The summed E-state index contributed by atoms with van der Waals surface area (Å²) < 4.78 is 42.0. The van der Waals surface area contributed by atoms with Gasteiger partial charge in [0.05, 0.1) is 23.3 Å². The first-order valence-corrected chi connectivity index (χ1v) is 14.0. The molecule has 0 aliphatic rings. The van der Waals surface area contributed by atoms with Gasteiger partial charge in [0.25, 0.3) is 0 Å². The van der Waals surface area contributed by atoms with Gasteiger partial charge in [0.1, 0.15) is 17.0 Å². The van der Waals surface area contributed by atoms with Crippen LogP contribution in [0.1, 0.15) is 116 Å². The maximum absolute atomic E-state index is 13.7. The van der Waals surface area contributed by atoms with E-state index in [-0.39, 0.29) is 29.9 Å². The molecule has 0 fully saturated rings. The third kappa shape index (κ3) is 10.8. The number of aliphatic hydroxyl groups excluding tert-OH is 1. The van der Waals surface area contributed by atoms with Gasteiger partial charge in [0.2, 0.25) is 0 Å². The Bertz CT molecular complexity index is 984. The van der Waals surface area contributed by atoms with Gasteiger partial charge in [-0.1, -0.05) is 13.8 Å². The minimum Gasteiger partial charge on any atom is -0.456 e. The number of phosphoric ester groups is 1. The average molecular weight is 545 g/mol. The van der Waals surface area contributed by atoms with Gasteiger partial charge in [-0.05, 0) is 93.2 Å². The molecule has 1 aromatic rings. The second-order valence-electron chi connectivity index (χ2n) is 12.1. The van der Waals surface area contributed by atoms with Crippen LogP contribution in [-0.4, -0.2) is 47.1 Å². The molecule has 212 valence electrons. The Kier molecular flexibility index (Phi) is 11.0. The fourth-order valence-electron chi connectivity index (χ4n) is 3.44. The van der Waals surface area contributed by atoms with Crippen LogP contribution in [0.3, 0.4) is 0 Å². The monoisotopic (exact) mass is 544 g/mol. The van der Waals surface area contributed by atoms with Crippen LogP contribution < -0.4 is 4.52 Å². The summed E-state index contributed by atoms with van der Waals surface area (Å²) in [5, 5.41) is 9.78. The van der Waals surface area contributed by atoms with Crippen molar-refractivity contribution in [2.75, 3.05) is 6.61 Å². The van der Waals surface area contributed by atoms with E-state index in [2.05, 4.69) is 0 Å². The van der Waals surface area contributed by atoms with Crippen molar-refractivity contribution < 1.29 is 42.3 Å². The summed E-state index contributed by atoms with van der Waals surface area (Å²) in [5.41, 5.74) is -2.21. The lowest BCUT2D eigenvalue weighted by Gasteiger charge is -2.32. The first kappa shape index (κ1) is 33.1. The van der Waals surface area contributed by atoms with Crippen LogP contribution in [0.25, 0.3) is 0 Å². The van der Waals surface area contributed by atoms with E-state index < -0.39 is 48.6 Å². The highest BCUT2D eigenvalue weighted by atomic mass is 31.2. The summed E-state index contributed by atoms with van der Waals surface area (Å²) in [5.74, 6) is -1.49. The number of carbonyl (C=O) groups excluding carboxylic acids is 2. The van der Waals surface area contributed by atoms with E-state index in [0.717, 1.165) is 0 Å². The van der Waals surface area contributed by atoms with Crippen LogP contribution in [0.2, 0.25) is 0 Å². The molecule has 0 saturated heterocycles. The highest BCUT2D eigenvalue weighted by Gasteiger charge is 2.38. The molecule has 10 heteroatoms. The summed E-state index contributed by atoms with van der Waals surface area (Å²) in [6, 6.07) is 2.73. The quantitative estimate of drug-likeness (QED) is 0.243. The second-order valence-corrected chi connectivity index (χ2v) is 13.6. The van der Waals surface area contributed by atoms with Crippen molar-refractivity contribution in [3.8, 4) is 5.75 Å². The van der Waals surface area contributed by atoms with Crippen LogP contribution in [0.5, 0.6) is 5.75 Å². The molecule has 1 N–H and O–H groups in total. The van der Waals surface area contributed by atoms with Gasteiger partial charge in [-0.3, -0.25) is 9.05 Å². The highest BCUT2D eigenvalue weighted by Crippen LogP contribution is 2.54. The lowest BCUT2D eigenvalue weighted by Crippen LogP contribution is -2.29. The normalized spacial score (nSPS) is 13.2. The molecule has 0 radical (unpaired) electrons. The van der Waals surface area contributed by atoms with E-state index in [9.17, 15) is 19.3 Å². The fraction of sp³-hybridized carbons (Fsp3) is 0.704. The fourth-order valence-corrected chi connectivity index (χ4v) is 5.00. The predicted molar refractivity (Wildman–Crippen MR) is 142 cm³/mol. The lowest BCUT2D eigenvalue weighted by molar-refractivity contribution is 0.00651. The molecule has 0 aromatic heterocycles. The SMILES string of the molecule is CC(C)OP(=O)(Oc1cc(C(=O)OC(C)(C)C)cc(C(=O)OC(C)(C)C)c1C(C)(C)CCO)OC(C)C. The van der Waals surface area contributed by atoms with Crippen molar-refractivity contribution in [1.29, 1.82) is 0 Å². The molecule has 0 unspecified atom stereocenters. The Labute approximate surface area is 221 Å². The minimum absolute atomic E-state index is 0.00465. The van der Waals surface area contributed by atoms with Crippen LogP contribution in [-0.2, 0) is 28.5 Å². The highest BCUT2D eigenvalue weighted by molar-refractivity contribution is 7.49. The van der Waals surface area contributed by atoms with Gasteiger partial charge in [0.15, 0.2) is 0 Å². The zero-order valence-electron chi connectivity index (χ0n) is 24.4. The lowest BCUT2D eigenvalue weighted by atomic mass is 9.78. The molecule has 0 saturated carbocycles. The number of benzene rings is 1. The third-order valence-corrected chi connectivity index (χ3v) is 6.44. The largest absolute Gasteiger partial charge is 0.530 e. The van der Waals surface area contributed by atoms with Gasteiger partial charge >= 0.3 is 19.8 Å². The Balaban J connectivity index is 4.02.